The fraction of sp³-hybridized carbons (Fsp3) is 0.385. The van der Waals surface area contributed by atoms with Crippen LogP contribution in [0, 0.1) is 5.92 Å². The summed E-state index contributed by atoms with van der Waals surface area (Å²) >= 11 is 12.0. The molecule has 1 aliphatic rings. The number of anilines is 1. The van der Waals surface area contributed by atoms with Crippen LogP contribution in [0.4, 0.5) is 5.69 Å². The molecule has 1 aliphatic heterocycles. The van der Waals surface area contributed by atoms with Gasteiger partial charge in [-0.05, 0) is 32.1 Å². The van der Waals surface area contributed by atoms with Crippen molar-refractivity contribution in [2.24, 2.45) is 5.92 Å². The van der Waals surface area contributed by atoms with Gasteiger partial charge < -0.3 is 15.3 Å². The Morgan fingerprint density at radius 2 is 1.95 bits per heavy atom. The lowest BCUT2D eigenvalue weighted by Gasteiger charge is -2.14. The average molecular weight is 317 g/mol. The van der Waals surface area contributed by atoms with Crippen molar-refractivity contribution >= 4 is 40.8 Å². The molecule has 7 heteroatoms. The number of nitrogens with zero attached hydrogens (tertiary/aromatic N) is 1. The van der Waals surface area contributed by atoms with Gasteiger partial charge in [-0.2, -0.15) is 0 Å². The second-order valence-corrected chi connectivity index (χ2v) is 5.67. The number of benzene rings is 1. The Kier molecular flexibility index (Phi) is 4.52. The van der Waals surface area contributed by atoms with Crippen LogP contribution in [-0.2, 0) is 4.79 Å². The molecule has 1 saturated heterocycles. The van der Waals surface area contributed by atoms with Crippen LogP contribution in [-0.4, -0.2) is 42.0 Å². The monoisotopic (exact) mass is 316 g/mol. The molecule has 0 spiro atoms. The second kappa shape index (κ2) is 5.99. The largest absolute Gasteiger partial charge is 0.478 e. The van der Waals surface area contributed by atoms with Crippen molar-refractivity contribution in [1.82, 2.24) is 4.90 Å². The van der Waals surface area contributed by atoms with E-state index in [1.165, 1.54) is 12.1 Å². The van der Waals surface area contributed by atoms with E-state index in [1.807, 2.05) is 7.05 Å². The molecule has 20 heavy (non-hydrogen) atoms. The highest BCUT2D eigenvalue weighted by Crippen LogP contribution is 2.32. The number of rotatable bonds is 3. The minimum atomic E-state index is -1.12. The van der Waals surface area contributed by atoms with Crippen molar-refractivity contribution in [2.45, 2.75) is 6.42 Å². The van der Waals surface area contributed by atoms with E-state index in [4.69, 9.17) is 28.3 Å². The zero-order chi connectivity index (χ0) is 14.9. The molecule has 1 heterocycles. The van der Waals surface area contributed by atoms with Gasteiger partial charge in [0.25, 0.3) is 0 Å². The van der Waals surface area contributed by atoms with Crippen LogP contribution in [0.3, 0.4) is 0 Å². The summed E-state index contributed by atoms with van der Waals surface area (Å²) in [6.45, 7) is 1.56. The molecule has 0 radical (unpaired) electrons. The molecule has 5 nitrogen and oxygen atoms in total. The number of hydrogen-bond donors (Lipinski definition) is 2. The van der Waals surface area contributed by atoms with Gasteiger partial charge in [-0.15, -0.1) is 0 Å². The molecule has 1 amide bonds. The maximum absolute atomic E-state index is 12.1. The number of carbonyl (C=O) groups excluding carboxylic acids is 1. The van der Waals surface area contributed by atoms with Gasteiger partial charge in [-0.1, -0.05) is 23.2 Å². The highest BCUT2D eigenvalue weighted by atomic mass is 35.5. The summed E-state index contributed by atoms with van der Waals surface area (Å²) in [5, 5.41) is 11.8. The maximum Gasteiger partial charge on any atom is 0.335 e. The number of carbonyl (C=O) groups is 2. The van der Waals surface area contributed by atoms with Crippen LogP contribution >= 0.6 is 23.2 Å². The first-order valence-corrected chi connectivity index (χ1v) is 6.86. The van der Waals surface area contributed by atoms with Gasteiger partial charge in [-0.25, -0.2) is 4.79 Å². The topological polar surface area (TPSA) is 69.6 Å². The number of carboxylic acid groups (broad SMARTS) is 1. The predicted molar refractivity (Wildman–Crippen MR) is 77.7 cm³/mol. The normalized spacial score (nSPS) is 19.1. The van der Waals surface area contributed by atoms with Crippen LogP contribution in [0.15, 0.2) is 12.1 Å². The Morgan fingerprint density at radius 1 is 1.35 bits per heavy atom. The van der Waals surface area contributed by atoms with Crippen molar-refractivity contribution in [2.75, 3.05) is 25.5 Å². The van der Waals surface area contributed by atoms with Crippen LogP contribution in [0.1, 0.15) is 16.8 Å². The lowest BCUT2D eigenvalue weighted by molar-refractivity contribution is -0.119. The maximum atomic E-state index is 12.1. The van der Waals surface area contributed by atoms with Gasteiger partial charge in [0, 0.05) is 6.54 Å². The minimum Gasteiger partial charge on any atom is -0.478 e. The molecular formula is C13H14Cl2N2O3. The standard InChI is InChI=1S/C13H14Cl2N2O3/c1-17-3-2-7(6-17)12(18)16-11-9(14)4-8(13(19)20)5-10(11)15/h4-5,7H,2-3,6H2,1H3,(H,16,18)(H,19,20). The number of halogens is 2. The van der Waals surface area contributed by atoms with Gasteiger partial charge in [0.2, 0.25) is 5.91 Å². The molecule has 1 unspecified atom stereocenters. The zero-order valence-corrected chi connectivity index (χ0v) is 12.3. The van der Waals surface area contributed by atoms with Crippen molar-refractivity contribution in [3.05, 3.63) is 27.7 Å². The fourth-order valence-electron chi connectivity index (χ4n) is 2.19. The van der Waals surface area contributed by atoms with E-state index in [9.17, 15) is 9.59 Å². The van der Waals surface area contributed by atoms with Gasteiger partial charge in [0.05, 0.1) is 27.2 Å². The van der Waals surface area contributed by atoms with Gasteiger partial charge in [0.15, 0.2) is 0 Å². The molecule has 0 aliphatic carbocycles. The Hall–Kier alpha value is -1.30. The number of likely N-dealkylation sites (tertiary alicyclic amines) is 1. The molecule has 0 bridgehead atoms. The Labute approximate surface area is 126 Å². The number of nitrogens with one attached hydrogen (secondary N) is 1. The van der Waals surface area contributed by atoms with Crippen LogP contribution < -0.4 is 5.32 Å². The number of hydrogen-bond acceptors (Lipinski definition) is 3. The van der Waals surface area contributed by atoms with E-state index in [0.717, 1.165) is 13.0 Å². The van der Waals surface area contributed by atoms with Crippen molar-refractivity contribution in [3.8, 4) is 0 Å². The highest BCUT2D eigenvalue weighted by Gasteiger charge is 2.27. The van der Waals surface area contributed by atoms with Crippen LogP contribution in [0.25, 0.3) is 0 Å². The van der Waals surface area contributed by atoms with Gasteiger partial charge >= 0.3 is 5.97 Å². The quantitative estimate of drug-likeness (QED) is 0.899. The fourth-order valence-corrected chi connectivity index (χ4v) is 2.77. The lowest BCUT2D eigenvalue weighted by Crippen LogP contribution is -2.25. The number of aromatic carboxylic acids is 1. The molecule has 1 aromatic rings. The van der Waals surface area contributed by atoms with Gasteiger partial charge in [0.1, 0.15) is 0 Å². The third kappa shape index (κ3) is 3.23. The SMILES string of the molecule is CN1CCC(C(=O)Nc2c(Cl)cc(C(=O)O)cc2Cl)C1. The van der Waals surface area contributed by atoms with E-state index in [1.54, 1.807) is 0 Å². The number of amides is 1. The molecule has 2 N–H and O–H groups in total. The number of carboxylic acids is 1. The van der Waals surface area contributed by atoms with Crippen molar-refractivity contribution in [1.29, 1.82) is 0 Å². The molecule has 0 saturated carbocycles. The molecule has 2 rings (SSSR count). The molecule has 1 fully saturated rings. The summed E-state index contributed by atoms with van der Waals surface area (Å²) in [6.07, 6.45) is 0.783. The summed E-state index contributed by atoms with van der Waals surface area (Å²) in [6, 6.07) is 2.54. The predicted octanol–water partition coefficient (Wildman–Crippen LogP) is 2.58. The van der Waals surface area contributed by atoms with Crippen LogP contribution in [0.2, 0.25) is 10.0 Å². The third-order valence-electron chi connectivity index (χ3n) is 3.30. The first-order valence-electron chi connectivity index (χ1n) is 6.10. The second-order valence-electron chi connectivity index (χ2n) is 4.86. The summed E-state index contributed by atoms with van der Waals surface area (Å²) in [7, 11) is 1.95. The summed E-state index contributed by atoms with van der Waals surface area (Å²) in [4.78, 5) is 25.1. The first-order chi connectivity index (χ1) is 9.38. The molecule has 1 atom stereocenters. The summed E-state index contributed by atoms with van der Waals surface area (Å²) < 4.78 is 0. The van der Waals surface area contributed by atoms with Crippen molar-refractivity contribution in [3.63, 3.8) is 0 Å². The first kappa shape index (κ1) is 15.1. The van der Waals surface area contributed by atoms with E-state index in [0.29, 0.717) is 6.54 Å². The molecule has 108 valence electrons. The highest BCUT2D eigenvalue weighted by molar-refractivity contribution is 6.40. The van der Waals surface area contributed by atoms with E-state index in [-0.39, 0.29) is 33.1 Å². The molecule has 1 aromatic carbocycles. The van der Waals surface area contributed by atoms with E-state index >= 15 is 0 Å². The molecular weight excluding hydrogens is 303 g/mol. The van der Waals surface area contributed by atoms with Gasteiger partial charge in [-0.3, -0.25) is 4.79 Å². The third-order valence-corrected chi connectivity index (χ3v) is 3.90. The summed E-state index contributed by atoms with van der Waals surface area (Å²) in [5.74, 6) is -1.38. The van der Waals surface area contributed by atoms with E-state index < -0.39 is 5.97 Å². The average Bonchev–Trinajstić information content (AvgIpc) is 2.80. The Balaban J connectivity index is 2.17. The Bertz CT molecular complexity index is 540. The zero-order valence-electron chi connectivity index (χ0n) is 10.8. The summed E-state index contributed by atoms with van der Waals surface area (Å²) in [5.41, 5.74) is 0.247. The molecule has 0 aromatic heterocycles. The van der Waals surface area contributed by atoms with E-state index in [2.05, 4.69) is 10.2 Å². The van der Waals surface area contributed by atoms with Crippen LogP contribution in [0.5, 0.6) is 0 Å². The van der Waals surface area contributed by atoms with Crippen molar-refractivity contribution < 1.29 is 14.7 Å². The Morgan fingerprint density at radius 3 is 2.40 bits per heavy atom. The smallest absolute Gasteiger partial charge is 0.335 e. The lowest BCUT2D eigenvalue weighted by atomic mass is 10.1. The minimum absolute atomic E-state index is 0.0152.